The van der Waals surface area contributed by atoms with Gasteiger partial charge in [-0.05, 0) is 18.2 Å². The number of phenols is 2. The second kappa shape index (κ2) is 4.80. The second-order valence-corrected chi connectivity index (χ2v) is 3.61. The van der Waals surface area contributed by atoms with E-state index in [4.69, 9.17) is 11.6 Å². The van der Waals surface area contributed by atoms with Crippen molar-refractivity contribution in [2.75, 3.05) is 0 Å². The fraction of sp³-hybridized carbons (Fsp3) is 0. The van der Waals surface area contributed by atoms with Gasteiger partial charge in [-0.15, -0.1) is 10.2 Å². The molecule has 0 amide bonds. The van der Waals surface area contributed by atoms with Crippen molar-refractivity contribution in [3.8, 4) is 11.5 Å². The summed E-state index contributed by atoms with van der Waals surface area (Å²) in [6.45, 7) is 0. The zero-order valence-corrected chi connectivity index (χ0v) is 9.33. The fourth-order valence-corrected chi connectivity index (χ4v) is 1.30. The van der Waals surface area contributed by atoms with E-state index in [0.29, 0.717) is 5.69 Å². The summed E-state index contributed by atoms with van der Waals surface area (Å²) in [5, 5.41) is 26.5. The molecule has 0 saturated carbocycles. The van der Waals surface area contributed by atoms with Crippen LogP contribution in [0.1, 0.15) is 0 Å². The van der Waals surface area contributed by atoms with Gasteiger partial charge in [0.05, 0.1) is 11.2 Å². The van der Waals surface area contributed by atoms with Gasteiger partial charge in [0.1, 0.15) is 22.9 Å². The summed E-state index contributed by atoms with van der Waals surface area (Å²) in [7, 11) is 0. The second-order valence-electron chi connectivity index (χ2n) is 3.20. The largest absolute Gasteiger partial charge is 0.506 e. The number of pyridine rings is 1. The highest BCUT2D eigenvalue weighted by atomic mass is 35.5. The Morgan fingerprint density at radius 2 is 1.94 bits per heavy atom. The van der Waals surface area contributed by atoms with Crippen LogP contribution < -0.4 is 0 Å². The Hall–Kier alpha value is -2.14. The van der Waals surface area contributed by atoms with E-state index >= 15 is 0 Å². The molecule has 0 aliphatic carbocycles. The van der Waals surface area contributed by atoms with Crippen molar-refractivity contribution in [2.45, 2.75) is 0 Å². The molecule has 0 aliphatic heterocycles. The monoisotopic (exact) mass is 249 g/mol. The van der Waals surface area contributed by atoms with Gasteiger partial charge in [-0.2, -0.15) is 0 Å². The maximum atomic E-state index is 9.51. The van der Waals surface area contributed by atoms with Crippen LogP contribution in [0.2, 0.25) is 5.02 Å². The van der Waals surface area contributed by atoms with Crippen LogP contribution in [0.3, 0.4) is 0 Å². The number of aromatic hydroxyl groups is 2. The van der Waals surface area contributed by atoms with E-state index < -0.39 is 0 Å². The molecule has 0 aliphatic rings. The number of hydrogen-bond acceptors (Lipinski definition) is 5. The smallest absolute Gasteiger partial charge is 0.146 e. The molecule has 86 valence electrons. The van der Waals surface area contributed by atoms with Gasteiger partial charge in [-0.3, -0.25) is 4.98 Å². The zero-order chi connectivity index (χ0) is 12.3. The van der Waals surface area contributed by atoms with Gasteiger partial charge in [0.2, 0.25) is 0 Å². The fourth-order valence-electron chi connectivity index (χ4n) is 1.14. The molecule has 0 fully saturated rings. The van der Waals surface area contributed by atoms with Crippen molar-refractivity contribution in [3.05, 3.63) is 41.7 Å². The summed E-state index contributed by atoms with van der Waals surface area (Å²) in [5.41, 5.74) is 0.729. The number of rotatable bonds is 2. The molecular formula is C11H8ClN3O2. The van der Waals surface area contributed by atoms with Crippen molar-refractivity contribution >= 4 is 23.0 Å². The SMILES string of the molecule is Oc1cc(O)c(/N=N/c2cccnc2)cc1Cl. The van der Waals surface area contributed by atoms with Crippen LogP contribution in [0.25, 0.3) is 0 Å². The standard InChI is InChI=1S/C11H8ClN3O2/c12-8-4-9(11(17)5-10(8)16)15-14-7-2-1-3-13-6-7/h1-6,16-17H/b15-14+. The molecular weight excluding hydrogens is 242 g/mol. The molecule has 17 heavy (non-hydrogen) atoms. The Morgan fingerprint density at radius 1 is 1.12 bits per heavy atom. The number of phenolic OH excluding ortho intramolecular Hbond substituents is 2. The predicted octanol–water partition coefficient (Wildman–Crippen LogP) is 3.56. The Bertz CT molecular complexity index is 558. The van der Waals surface area contributed by atoms with Gasteiger partial charge in [-0.25, -0.2) is 0 Å². The van der Waals surface area contributed by atoms with Gasteiger partial charge in [0.25, 0.3) is 0 Å². The lowest BCUT2D eigenvalue weighted by molar-refractivity contribution is 0.451. The van der Waals surface area contributed by atoms with Crippen molar-refractivity contribution in [3.63, 3.8) is 0 Å². The van der Waals surface area contributed by atoms with Gasteiger partial charge in [0, 0.05) is 12.3 Å². The molecule has 6 heteroatoms. The Morgan fingerprint density at radius 3 is 2.65 bits per heavy atom. The summed E-state index contributed by atoms with van der Waals surface area (Å²) in [5.74, 6) is -0.399. The maximum absolute atomic E-state index is 9.51. The summed E-state index contributed by atoms with van der Waals surface area (Å²) in [6, 6.07) is 5.87. The van der Waals surface area contributed by atoms with E-state index in [-0.39, 0.29) is 22.2 Å². The minimum Gasteiger partial charge on any atom is -0.506 e. The van der Waals surface area contributed by atoms with Crippen LogP contribution in [0, 0.1) is 0 Å². The molecule has 0 unspecified atom stereocenters. The third-order valence-corrected chi connectivity index (χ3v) is 2.27. The third kappa shape index (κ3) is 2.70. The van der Waals surface area contributed by atoms with Crippen LogP contribution >= 0.6 is 11.6 Å². The lowest BCUT2D eigenvalue weighted by Gasteiger charge is -2.00. The van der Waals surface area contributed by atoms with Crippen LogP contribution in [0.15, 0.2) is 46.9 Å². The van der Waals surface area contributed by atoms with Gasteiger partial charge in [-0.1, -0.05) is 11.6 Å². The molecule has 2 aromatic rings. The third-order valence-electron chi connectivity index (χ3n) is 1.96. The van der Waals surface area contributed by atoms with Crippen LogP contribution in [0.5, 0.6) is 11.5 Å². The Balaban J connectivity index is 2.31. The number of azo groups is 1. The summed E-state index contributed by atoms with van der Waals surface area (Å²) >= 11 is 5.69. The highest BCUT2D eigenvalue weighted by Crippen LogP contribution is 2.36. The van der Waals surface area contributed by atoms with Crippen LogP contribution in [-0.2, 0) is 0 Å². The highest BCUT2D eigenvalue weighted by molar-refractivity contribution is 6.32. The quantitative estimate of drug-likeness (QED) is 0.799. The first-order chi connectivity index (χ1) is 8.16. The van der Waals surface area contributed by atoms with E-state index in [0.717, 1.165) is 6.07 Å². The molecule has 2 N–H and O–H groups in total. The zero-order valence-electron chi connectivity index (χ0n) is 8.58. The predicted molar refractivity (Wildman–Crippen MR) is 63.2 cm³/mol. The minimum absolute atomic E-state index is 0.0999. The minimum atomic E-state index is -0.204. The molecule has 0 saturated heterocycles. The summed E-state index contributed by atoms with van der Waals surface area (Å²) in [6.07, 6.45) is 3.15. The average molecular weight is 250 g/mol. The molecule has 0 atom stereocenters. The van der Waals surface area contributed by atoms with Gasteiger partial charge in [0.15, 0.2) is 0 Å². The molecule has 1 heterocycles. The lowest BCUT2D eigenvalue weighted by Crippen LogP contribution is -1.72. The average Bonchev–Trinajstić information content (AvgIpc) is 2.33. The Labute approximate surface area is 102 Å². The normalized spacial score (nSPS) is 10.9. The lowest BCUT2D eigenvalue weighted by atomic mass is 10.3. The molecule has 0 radical (unpaired) electrons. The maximum Gasteiger partial charge on any atom is 0.146 e. The molecule has 0 bridgehead atoms. The first kappa shape index (κ1) is 11.3. The number of benzene rings is 1. The van der Waals surface area contributed by atoms with Crippen molar-refractivity contribution in [1.82, 2.24) is 4.98 Å². The van der Waals surface area contributed by atoms with E-state index in [2.05, 4.69) is 15.2 Å². The molecule has 0 spiro atoms. The van der Waals surface area contributed by atoms with E-state index in [1.807, 2.05) is 0 Å². The van der Waals surface area contributed by atoms with Crippen molar-refractivity contribution < 1.29 is 10.2 Å². The number of nitrogens with zero attached hydrogens (tertiary/aromatic N) is 3. The van der Waals surface area contributed by atoms with Crippen LogP contribution in [-0.4, -0.2) is 15.2 Å². The molecule has 5 nitrogen and oxygen atoms in total. The van der Waals surface area contributed by atoms with Crippen molar-refractivity contribution in [2.24, 2.45) is 10.2 Å². The molecule has 2 rings (SSSR count). The van der Waals surface area contributed by atoms with E-state index in [1.54, 1.807) is 18.3 Å². The number of hydrogen-bond donors (Lipinski definition) is 2. The van der Waals surface area contributed by atoms with Crippen molar-refractivity contribution in [1.29, 1.82) is 0 Å². The summed E-state index contributed by atoms with van der Waals surface area (Å²) in [4.78, 5) is 3.87. The first-order valence-electron chi connectivity index (χ1n) is 4.70. The van der Waals surface area contributed by atoms with Gasteiger partial charge < -0.3 is 10.2 Å². The van der Waals surface area contributed by atoms with Gasteiger partial charge >= 0.3 is 0 Å². The molecule has 1 aromatic heterocycles. The van der Waals surface area contributed by atoms with E-state index in [1.165, 1.54) is 12.3 Å². The summed E-state index contributed by atoms with van der Waals surface area (Å²) < 4.78 is 0. The topological polar surface area (TPSA) is 78.1 Å². The van der Waals surface area contributed by atoms with Crippen LogP contribution in [0.4, 0.5) is 11.4 Å². The molecule has 1 aromatic carbocycles. The Kier molecular flexibility index (Phi) is 3.20. The first-order valence-corrected chi connectivity index (χ1v) is 5.08. The van der Waals surface area contributed by atoms with E-state index in [9.17, 15) is 10.2 Å². The highest BCUT2D eigenvalue weighted by Gasteiger charge is 2.06. The number of aromatic nitrogens is 1. The number of halogens is 1.